The summed E-state index contributed by atoms with van der Waals surface area (Å²) in [5.74, 6) is 3.34. The number of hydrogen-bond donors (Lipinski definition) is 0. The maximum Gasteiger partial charge on any atom is 0.184 e. The number of anilines is 1. The lowest BCUT2D eigenvalue weighted by molar-refractivity contribution is -0.00547. The summed E-state index contributed by atoms with van der Waals surface area (Å²) < 4.78 is 34.9. The van der Waals surface area contributed by atoms with Crippen LogP contribution in [0.5, 0.6) is 0 Å². The van der Waals surface area contributed by atoms with Crippen LogP contribution in [0.25, 0.3) is 0 Å². The highest BCUT2D eigenvalue weighted by atomic mass is 32.1. The second-order valence-electron chi connectivity index (χ2n) is 6.00. The van der Waals surface area contributed by atoms with Gasteiger partial charge in [-0.1, -0.05) is 17.9 Å². The lowest BCUT2D eigenvalue weighted by Crippen LogP contribution is -2.46. The summed E-state index contributed by atoms with van der Waals surface area (Å²) >= 11 is 1.41. The number of ether oxygens (including phenoxy) is 1. The zero-order chi connectivity index (χ0) is 18.0. The summed E-state index contributed by atoms with van der Waals surface area (Å²) in [7, 11) is 0. The van der Waals surface area contributed by atoms with Gasteiger partial charge in [-0.05, 0) is 31.4 Å². The maximum atomic E-state index is 14.7. The minimum absolute atomic E-state index is 0.0174. The Morgan fingerprint density at radius 1 is 1.24 bits per heavy atom. The molecule has 130 valence electrons. The molecule has 25 heavy (non-hydrogen) atoms. The van der Waals surface area contributed by atoms with E-state index >= 15 is 0 Å². The molecule has 1 saturated heterocycles. The number of rotatable bonds is 2. The van der Waals surface area contributed by atoms with E-state index in [2.05, 4.69) is 11.8 Å². The third kappa shape index (κ3) is 3.73. The summed E-state index contributed by atoms with van der Waals surface area (Å²) in [6.45, 7) is 4.50. The molecule has 1 aliphatic heterocycles. The van der Waals surface area contributed by atoms with Gasteiger partial charge in [-0.15, -0.1) is 11.3 Å². The molecule has 0 saturated carbocycles. The first-order chi connectivity index (χ1) is 12.0. The van der Waals surface area contributed by atoms with Crippen molar-refractivity contribution in [3.8, 4) is 11.8 Å². The molecule has 3 rings (SSSR count). The predicted octanol–water partition coefficient (Wildman–Crippen LogP) is 3.85. The molecule has 0 bridgehead atoms. The molecular weight excluding hydrogens is 344 g/mol. The number of thiophene rings is 1. The van der Waals surface area contributed by atoms with Crippen molar-refractivity contribution >= 4 is 23.3 Å². The van der Waals surface area contributed by atoms with E-state index in [0.29, 0.717) is 19.4 Å². The molecule has 1 aromatic carbocycles. The van der Waals surface area contributed by atoms with Gasteiger partial charge in [0.25, 0.3) is 0 Å². The van der Waals surface area contributed by atoms with Gasteiger partial charge in [0.2, 0.25) is 0 Å². The molecule has 0 spiro atoms. The molecule has 0 radical (unpaired) electrons. The van der Waals surface area contributed by atoms with Crippen LogP contribution in [0.4, 0.5) is 14.5 Å². The second-order valence-corrected chi connectivity index (χ2v) is 6.95. The topological polar surface area (TPSA) is 29.5 Å². The van der Waals surface area contributed by atoms with E-state index in [1.807, 2.05) is 25.3 Å². The predicted molar refractivity (Wildman–Crippen MR) is 94.3 cm³/mol. The highest BCUT2D eigenvalue weighted by Gasteiger charge is 2.28. The number of benzene rings is 1. The average molecular weight is 361 g/mol. The van der Waals surface area contributed by atoms with Crippen molar-refractivity contribution in [2.24, 2.45) is 0 Å². The molecule has 3 nitrogen and oxygen atoms in total. The Bertz CT molecular complexity index is 829. The molecule has 2 aromatic rings. The van der Waals surface area contributed by atoms with E-state index in [1.54, 1.807) is 11.0 Å². The van der Waals surface area contributed by atoms with Crippen LogP contribution in [0.15, 0.2) is 23.6 Å². The summed E-state index contributed by atoms with van der Waals surface area (Å²) in [5.41, 5.74) is -0.0436. The number of halogens is 2. The van der Waals surface area contributed by atoms with Crippen molar-refractivity contribution in [2.75, 3.05) is 18.0 Å². The molecule has 2 heterocycles. The highest BCUT2D eigenvalue weighted by Crippen LogP contribution is 2.30. The molecule has 1 aromatic heterocycles. The summed E-state index contributed by atoms with van der Waals surface area (Å²) in [6, 6.07) is 4.93. The number of hydrogen-bond acceptors (Lipinski definition) is 4. The third-order valence-electron chi connectivity index (χ3n) is 3.91. The van der Waals surface area contributed by atoms with Crippen LogP contribution in [0.2, 0.25) is 0 Å². The first kappa shape index (κ1) is 17.6. The largest absolute Gasteiger partial charge is 0.372 e. The van der Waals surface area contributed by atoms with Gasteiger partial charge >= 0.3 is 0 Å². The third-order valence-corrected chi connectivity index (χ3v) is 4.70. The quantitative estimate of drug-likeness (QED) is 0.601. The molecule has 2 atom stereocenters. The number of morpholine rings is 1. The fourth-order valence-electron chi connectivity index (χ4n) is 2.98. The van der Waals surface area contributed by atoms with Crippen LogP contribution in [-0.4, -0.2) is 31.6 Å². The first-order valence-electron chi connectivity index (χ1n) is 7.92. The van der Waals surface area contributed by atoms with Crippen molar-refractivity contribution in [2.45, 2.75) is 26.1 Å². The van der Waals surface area contributed by atoms with Gasteiger partial charge in [0.15, 0.2) is 17.9 Å². The number of carbonyl (C=O) groups excluding carboxylic acids is 1. The lowest BCUT2D eigenvalue weighted by atomic mass is 10.1. The SMILES string of the molecule is C[C@@H]1CN(c2c(C=O)cc(C#Cc3cccs3)c(F)c2F)C[C@H](C)O1. The Balaban J connectivity index is 2.03. The van der Waals surface area contributed by atoms with E-state index in [0.717, 1.165) is 4.88 Å². The van der Waals surface area contributed by atoms with Crippen molar-refractivity contribution in [1.29, 1.82) is 0 Å². The minimum atomic E-state index is -1.04. The molecule has 0 unspecified atom stereocenters. The fraction of sp³-hybridized carbons (Fsp3) is 0.316. The molecule has 1 fully saturated rings. The normalized spacial score (nSPS) is 20.1. The number of aldehydes is 1. The summed E-state index contributed by atoms with van der Waals surface area (Å²) in [5, 5.41) is 1.85. The lowest BCUT2D eigenvalue weighted by Gasteiger charge is -2.37. The van der Waals surface area contributed by atoms with E-state index in [4.69, 9.17) is 4.74 Å². The Morgan fingerprint density at radius 2 is 1.96 bits per heavy atom. The van der Waals surface area contributed by atoms with Gasteiger partial charge in [0, 0.05) is 18.7 Å². The highest BCUT2D eigenvalue weighted by molar-refractivity contribution is 7.10. The van der Waals surface area contributed by atoms with E-state index in [-0.39, 0.29) is 29.0 Å². The zero-order valence-corrected chi connectivity index (χ0v) is 14.7. The van der Waals surface area contributed by atoms with Crippen LogP contribution in [0.1, 0.15) is 34.6 Å². The smallest absolute Gasteiger partial charge is 0.184 e. The van der Waals surface area contributed by atoms with E-state index < -0.39 is 11.6 Å². The van der Waals surface area contributed by atoms with Gasteiger partial charge in [0.05, 0.1) is 28.3 Å². The second kappa shape index (κ2) is 7.34. The summed E-state index contributed by atoms with van der Waals surface area (Å²) in [6.07, 6.45) is 0.270. The van der Waals surface area contributed by atoms with Gasteiger partial charge < -0.3 is 9.64 Å². The van der Waals surface area contributed by atoms with Crippen molar-refractivity contribution in [3.63, 3.8) is 0 Å². The van der Waals surface area contributed by atoms with E-state index in [9.17, 15) is 13.6 Å². The Hall–Kier alpha value is -2.23. The molecule has 1 aliphatic rings. The zero-order valence-electron chi connectivity index (χ0n) is 13.9. The molecule has 0 aliphatic carbocycles. The van der Waals surface area contributed by atoms with Crippen LogP contribution >= 0.6 is 11.3 Å². The standard InChI is InChI=1S/C19H17F2NO2S/c1-12-9-22(10-13(2)24-12)19-15(11-23)8-14(17(20)18(19)21)5-6-16-4-3-7-25-16/h3-4,7-8,11-13H,9-10H2,1-2H3/t12-,13+. The maximum absolute atomic E-state index is 14.7. The van der Waals surface area contributed by atoms with Crippen LogP contribution in [-0.2, 0) is 4.74 Å². The average Bonchev–Trinajstić information content (AvgIpc) is 3.08. The van der Waals surface area contributed by atoms with Crippen LogP contribution < -0.4 is 4.90 Å². The Labute approximate surface area is 149 Å². The van der Waals surface area contributed by atoms with Crippen molar-refractivity contribution in [1.82, 2.24) is 0 Å². The Morgan fingerprint density at radius 3 is 2.56 bits per heavy atom. The van der Waals surface area contributed by atoms with Gasteiger partial charge in [0.1, 0.15) is 0 Å². The van der Waals surface area contributed by atoms with E-state index in [1.165, 1.54) is 17.4 Å². The molecule has 0 N–H and O–H groups in total. The van der Waals surface area contributed by atoms with Crippen LogP contribution in [0, 0.1) is 23.5 Å². The molecule has 6 heteroatoms. The van der Waals surface area contributed by atoms with Crippen LogP contribution in [0.3, 0.4) is 0 Å². The van der Waals surface area contributed by atoms with Gasteiger partial charge in [-0.25, -0.2) is 8.78 Å². The first-order valence-corrected chi connectivity index (χ1v) is 8.80. The molecular formula is C19H17F2NO2S. The number of nitrogens with zero attached hydrogens (tertiary/aromatic N) is 1. The van der Waals surface area contributed by atoms with Gasteiger partial charge in [-0.2, -0.15) is 0 Å². The number of carbonyl (C=O) groups is 1. The summed E-state index contributed by atoms with van der Waals surface area (Å²) in [4.78, 5) is 13.9. The van der Waals surface area contributed by atoms with Gasteiger partial charge in [-0.3, -0.25) is 4.79 Å². The van der Waals surface area contributed by atoms with Crippen molar-refractivity contribution in [3.05, 3.63) is 51.2 Å². The fourth-order valence-corrected chi connectivity index (χ4v) is 3.55. The van der Waals surface area contributed by atoms with Crippen molar-refractivity contribution < 1.29 is 18.3 Å². The monoisotopic (exact) mass is 361 g/mol. The molecule has 0 amide bonds. The minimum Gasteiger partial charge on any atom is -0.372 e. The Kier molecular flexibility index (Phi) is 5.16.